The van der Waals surface area contributed by atoms with Gasteiger partial charge in [-0.05, 0) is 67.6 Å². The van der Waals surface area contributed by atoms with Crippen molar-refractivity contribution in [2.45, 2.75) is 13.5 Å². The smallest absolute Gasteiger partial charge is 0.130 e. The lowest BCUT2D eigenvalue weighted by atomic mass is 10.1. The zero-order valence-corrected chi connectivity index (χ0v) is 18.9. The standard InChI is InChI=1S/C26H20BrF2NO2/c1-16-6-10-25(30(16)22-5-3-4-18(13-22)17(2)31)23-14-20(27)7-11-26(23)32-15-19-12-21(28)8-9-24(19)29/h3-14,31H,2,15H2,1H3. The molecule has 0 fully saturated rings. The van der Waals surface area contributed by atoms with Gasteiger partial charge in [-0.15, -0.1) is 0 Å². The Hall–Kier alpha value is -3.38. The monoisotopic (exact) mass is 495 g/mol. The van der Waals surface area contributed by atoms with Crippen LogP contribution in [0.5, 0.6) is 5.75 Å². The Bertz CT molecular complexity index is 1310. The molecule has 0 aliphatic carbocycles. The van der Waals surface area contributed by atoms with Crippen molar-refractivity contribution in [3.63, 3.8) is 0 Å². The summed E-state index contributed by atoms with van der Waals surface area (Å²) < 4.78 is 36.4. The first-order valence-electron chi connectivity index (χ1n) is 9.87. The van der Waals surface area contributed by atoms with E-state index in [9.17, 15) is 13.9 Å². The van der Waals surface area contributed by atoms with E-state index in [4.69, 9.17) is 4.74 Å². The molecule has 0 atom stereocenters. The molecule has 0 amide bonds. The van der Waals surface area contributed by atoms with Gasteiger partial charge in [0.25, 0.3) is 0 Å². The highest BCUT2D eigenvalue weighted by atomic mass is 79.9. The van der Waals surface area contributed by atoms with Gasteiger partial charge < -0.3 is 14.4 Å². The SMILES string of the molecule is C=C(O)c1cccc(-n2c(C)ccc2-c2cc(Br)ccc2OCc2cc(F)ccc2F)c1. The van der Waals surface area contributed by atoms with Gasteiger partial charge >= 0.3 is 0 Å². The van der Waals surface area contributed by atoms with E-state index in [0.717, 1.165) is 45.3 Å². The van der Waals surface area contributed by atoms with Gasteiger partial charge in [0, 0.05) is 32.5 Å². The molecule has 32 heavy (non-hydrogen) atoms. The molecule has 1 aromatic heterocycles. The number of aliphatic hydroxyl groups excluding tert-OH is 1. The number of nitrogens with zero attached hydrogens (tertiary/aromatic N) is 1. The predicted octanol–water partition coefficient (Wildman–Crippen LogP) is 7.60. The fraction of sp³-hybridized carbons (Fsp3) is 0.0769. The summed E-state index contributed by atoms with van der Waals surface area (Å²) in [7, 11) is 0. The average molecular weight is 496 g/mol. The quantitative estimate of drug-likeness (QED) is 0.279. The van der Waals surface area contributed by atoms with E-state index >= 15 is 0 Å². The summed E-state index contributed by atoms with van der Waals surface area (Å²) in [6.45, 7) is 5.47. The van der Waals surface area contributed by atoms with Crippen LogP contribution >= 0.6 is 15.9 Å². The maximum Gasteiger partial charge on any atom is 0.130 e. The van der Waals surface area contributed by atoms with Gasteiger partial charge in [-0.2, -0.15) is 0 Å². The van der Waals surface area contributed by atoms with Crippen molar-refractivity contribution in [3.05, 3.63) is 112 Å². The second-order valence-corrected chi connectivity index (χ2v) is 8.27. The van der Waals surface area contributed by atoms with Crippen LogP contribution in [0.1, 0.15) is 16.8 Å². The summed E-state index contributed by atoms with van der Waals surface area (Å²) in [6.07, 6.45) is 0. The molecule has 0 radical (unpaired) electrons. The number of ether oxygens (including phenoxy) is 1. The van der Waals surface area contributed by atoms with Gasteiger partial charge in [-0.3, -0.25) is 0 Å². The topological polar surface area (TPSA) is 34.4 Å². The lowest BCUT2D eigenvalue weighted by Crippen LogP contribution is -2.03. The summed E-state index contributed by atoms with van der Waals surface area (Å²) in [4.78, 5) is 0. The van der Waals surface area contributed by atoms with Gasteiger partial charge in [0.05, 0.1) is 5.69 Å². The van der Waals surface area contributed by atoms with E-state index in [2.05, 4.69) is 22.5 Å². The van der Waals surface area contributed by atoms with Crippen molar-refractivity contribution >= 4 is 21.7 Å². The first-order valence-corrected chi connectivity index (χ1v) is 10.7. The maximum atomic E-state index is 14.1. The normalized spacial score (nSPS) is 10.9. The molecule has 0 unspecified atom stereocenters. The van der Waals surface area contributed by atoms with Crippen LogP contribution in [0.15, 0.2) is 83.8 Å². The van der Waals surface area contributed by atoms with Crippen LogP contribution < -0.4 is 4.74 Å². The van der Waals surface area contributed by atoms with Crippen LogP contribution in [0.25, 0.3) is 22.7 Å². The Morgan fingerprint density at radius 2 is 1.84 bits per heavy atom. The molecular weight excluding hydrogens is 476 g/mol. The van der Waals surface area contributed by atoms with E-state index in [1.807, 2.05) is 54.0 Å². The van der Waals surface area contributed by atoms with Crippen molar-refractivity contribution in [1.29, 1.82) is 0 Å². The predicted molar refractivity (Wildman–Crippen MR) is 126 cm³/mol. The number of aryl methyl sites for hydroxylation is 1. The average Bonchev–Trinajstić information content (AvgIpc) is 3.16. The summed E-state index contributed by atoms with van der Waals surface area (Å²) in [6, 6.07) is 20.2. The van der Waals surface area contributed by atoms with Crippen LogP contribution in [-0.4, -0.2) is 9.67 Å². The lowest BCUT2D eigenvalue weighted by Gasteiger charge is -2.17. The van der Waals surface area contributed by atoms with Gasteiger partial charge in [-0.25, -0.2) is 8.78 Å². The van der Waals surface area contributed by atoms with Crippen LogP contribution in [-0.2, 0) is 6.61 Å². The Kier molecular flexibility index (Phi) is 6.15. The van der Waals surface area contributed by atoms with E-state index in [-0.39, 0.29) is 17.9 Å². The number of benzene rings is 3. The first-order chi connectivity index (χ1) is 15.3. The minimum absolute atomic E-state index is 0.0122. The number of hydrogen-bond acceptors (Lipinski definition) is 2. The van der Waals surface area contributed by atoms with Crippen molar-refractivity contribution in [2.24, 2.45) is 0 Å². The minimum atomic E-state index is -0.523. The van der Waals surface area contributed by atoms with E-state index in [0.29, 0.717) is 11.3 Å². The van der Waals surface area contributed by atoms with Crippen LogP contribution in [0, 0.1) is 18.6 Å². The Labute approximate surface area is 193 Å². The van der Waals surface area contributed by atoms with Gasteiger partial charge in [0.2, 0.25) is 0 Å². The third-order valence-electron chi connectivity index (χ3n) is 5.12. The molecule has 1 N–H and O–H groups in total. The molecule has 0 saturated heterocycles. The van der Waals surface area contributed by atoms with Gasteiger partial charge in [-0.1, -0.05) is 34.6 Å². The Balaban J connectivity index is 1.77. The van der Waals surface area contributed by atoms with Crippen molar-refractivity contribution in [3.8, 4) is 22.7 Å². The Morgan fingerprint density at radius 1 is 1.03 bits per heavy atom. The van der Waals surface area contributed by atoms with Crippen molar-refractivity contribution < 1.29 is 18.6 Å². The molecule has 6 heteroatoms. The third-order valence-corrected chi connectivity index (χ3v) is 5.62. The largest absolute Gasteiger partial charge is 0.508 e. The first kappa shape index (κ1) is 21.8. The molecule has 4 aromatic rings. The highest BCUT2D eigenvalue weighted by molar-refractivity contribution is 9.10. The number of aliphatic hydroxyl groups is 1. The van der Waals surface area contributed by atoms with Crippen molar-refractivity contribution in [1.82, 2.24) is 4.57 Å². The second-order valence-electron chi connectivity index (χ2n) is 7.36. The highest BCUT2D eigenvalue weighted by Gasteiger charge is 2.16. The molecule has 4 rings (SSSR count). The second kappa shape index (κ2) is 9.01. The molecule has 0 aliphatic heterocycles. The van der Waals surface area contributed by atoms with E-state index in [1.54, 1.807) is 12.1 Å². The van der Waals surface area contributed by atoms with E-state index in [1.165, 1.54) is 0 Å². The maximum absolute atomic E-state index is 14.1. The number of aromatic nitrogens is 1. The zero-order valence-electron chi connectivity index (χ0n) is 17.3. The molecule has 3 nitrogen and oxygen atoms in total. The highest BCUT2D eigenvalue weighted by Crippen LogP contribution is 2.36. The lowest BCUT2D eigenvalue weighted by molar-refractivity contribution is 0.300. The van der Waals surface area contributed by atoms with E-state index < -0.39 is 11.6 Å². The van der Waals surface area contributed by atoms with Gasteiger partial charge in [0.1, 0.15) is 29.8 Å². The number of rotatable bonds is 6. The number of halogens is 3. The molecule has 0 aliphatic rings. The van der Waals surface area contributed by atoms with Crippen molar-refractivity contribution in [2.75, 3.05) is 0 Å². The molecular formula is C26H20BrF2NO2. The van der Waals surface area contributed by atoms with Crippen LogP contribution in [0.2, 0.25) is 0 Å². The molecule has 0 spiro atoms. The molecule has 3 aromatic carbocycles. The summed E-state index contributed by atoms with van der Waals surface area (Å²) in [5, 5.41) is 9.81. The fourth-order valence-electron chi connectivity index (χ4n) is 3.55. The molecule has 162 valence electrons. The Morgan fingerprint density at radius 3 is 2.62 bits per heavy atom. The summed E-state index contributed by atoms with van der Waals surface area (Å²) in [5.41, 5.74) is 4.20. The summed E-state index contributed by atoms with van der Waals surface area (Å²) >= 11 is 3.51. The van der Waals surface area contributed by atoms with Crippen LogP contribution in [0.3, 0.4) is 0 Å². The minimum Gasteiger partial charge on any atom is -0.508 e. The molecule has 0 saturated carbocycles. The van der Waals surface area contributed by atoms with Crippen LogP contribution in [0.4, 0.5) is 8.78 Å². The molecule has 0 bridgehead atoms. The number of hydrogen-bond donors (Lipinski definition) is 1. The third kappa shape index (κ3) is 4.46. The summed E-state index contributed by atoms with van der Waals surface area (Å²) in [5.74, 6) is -0.526. The fourth-order valence-corrected chi connectivity index (χ4v) is 3.91. The zero-order chi connectivity index (χ0) is 22.8. The van der Waals surface area contributed by atoms with Gasteiger partial charge in [0.15, 0.2) is 0 Å². The molecule has 1 heterocycles.